The van der Waals surface area contributed by atoms with Crippen molar-refractivity contribution < 1.29 is 0 Å². The maximum absolute atomic E-state index is 4.57. The molecule has 0 radical (unpaired) electrons. The number of likely N-dealkylation sites (tertiary alicyclic amines) is 1. The van der Waals surface area contributed by atoms with Crippen LogP contribution in [0.2, 0.25) is 0 Å². The first-order valence-electron chi connectivity index (χ1n) is 12.2. The van der Waals surface area contributed by atoms with Crippen LogP contribution in [0.4, 0.5) is 5.69 Å². The van der Waals surface area contributed by atoms with E-state index in [9.17, 15) is 0 Å². The molecule has 1 aromatic heterocycles. The quantitative estimate of drug-likeness (QED) is 0.241. The molecule has 1 N–H and O–H groups in total. The van der Waals surface area contributed by atoms with Crippen molar-refractivity contribution in [2.45, 2.75) is 32.2 Å². The first-order valence-corrected chi connectivity index (χ1v) is 12.2. The number of anilines is 1. The largest absolute Gasteiger partial charge is 0.369 e. The Kier molecular flexibility index (Phi) is 10.3. The molecule has 33 heavy (non-hydrogen) atoms. The van der Waals surface area contributed by atoms with Gasteiger partial charge in [-0.1, -0.05) is 25.1 Å². The van der Waals surface area contributed by atoms with Crippen molar-refractivity contribution in [2.24, 2.45) is 10.9 Å². The van der Waals surface area contributed by atoms with E-state index in [1.807, 2.05) is 19.6 Å². The average molecular weight is 566 g/mol. The van der Waals surface area contributed by atoms with Gasteiger partial charge >= 0.3 is 0 Å². The van der Waals surface area contributed by atoms with Crippen molar-refractivity contribution in [3.05, 3.63) is 49.1 Å². The van der Waals surface area contributed by atoms with Gasteiger partial charge in [0.05, 0.1) is 12.4 Å². The standard InChI is InChI=1S/C25H39N7.HI/c1-22-10-14-31(20-24(22)32-15-12-27-21-32)25(26-2)28-11-6-7-13-29-16-18-30(19-17-29)23-8-4-3-5-9-23;/h3-5,8-9,12,15,21-22,24H,6-7,10-11,13-14,16-20H2,1-2H3,(H,26,28);1H. The molecule has 3 heterocycles. The highest BCUT2D eigenvalue weighted by Crippen LogP contribution is 2.27. The molecule has 0 saturated carbocycles. The second-order valence-electron chi connectivity index (χ2n) is 9.13. The van der Waals surface area contributed by atoms with Gasteiger partial charge in [0.15, 0.2) is 5.96 Å². The smallest absolute Gasteiger partial charge is 0.193 e. The highest BCUT2D eigenvalue weighted by molar-refractivity contribution is 14.0. The monoisotopic (exact) mass is 565 g/mol. The molecule has 2 unspecified atom stereocenters. The Labute approximate surface area is 216 Å². The van der Waals surface area contributed by atoms with Gasteiger partial charge in [-0.05, 0) is 43.9 Å². The highest BCUT2D eigenvalue weighted by atomic mass is 127. The van der Waals surface area contributed by atoms with Gasteiger partial charge in [-0.25, -0.2) is 4.98 Å². The number of hydrogen-bond donors (Lipinski definition) is 1. The van der Waals surface area contributed by atoms with Crippen LogP contribution in [0.25, 0.3) is 0 Å². The van der Waals surface area contributed by atoms with Crippen molar-refractivity contribution in [3.63, 3.8) is 0 Å². The molecule has 4 rings (SSSR count). The molecule has 0 aliphatic carbocycles. The summed E-state index contributed by atoms with van der Waals surface area (Å²) in [6, 6.07) is 11.2. The van der Waals surface area contributed by atoms with E-state index in [-0.39, 0.29) is 24.0 Å². The number of nitrogens with zero attached hydrogens (tertiary/aromatic N) is 6. The zero-order chi connectivity index (χ0) is 22.2. The van der Waals surface area contributed by atoms with Crippen molar-refractivity contribution in [2.75, 3.05) is 64.3 Å². The normalized spacial score (nSPS) is 22.2. The Morgan fingerprint density at radius 1 is 1.09 bits per heavy atom. The number of para-hydroxylation sites is 1. The van der Waals surface area contributed by atoms with Crippen LogP contribution in [0.1, 0.15) is 32.2 Å². The number of halogens is 1. The van der Waals surface area contributed by atoms with Crippen LogP contribution in [0, 0.1) is 5.92 Å². The van der Waals surface area contributed by atoms with Crippen LogP contribution in [0.3, 0.4) is 0 Å². The molecule has 2 aliphatic heterocycles. The number of hydrogen-bond acceptors (Lipinski definition) is 4. The summed E-state index contributed by atoms with van der Waals surface area (Å²) in [5, 5.41) is 3.61. The minimum atomic E-state index is 0. The van der Waals surface area contributed by atoms with Crippen LogP contribution in [0.15, 0.2) is 54.0 Å². The number of piperazine rings is 1. The van der Waals surface area contributed by atoms with Gasteiger partial charge in [0.1, 0.15) is 0 Å². The van der Waals surface area contributed by atoms with E-state index in [1.165, 1.54) is 31.5 Å². The maximum atomic E-state index is 4.57. The number of unbranched alkanes of at least 4 members (excludes halogenated alkanes) is 1. The number of aliphatic imine (C=N–C) groups is 1. The van der Waals surface area contributed by atoms with Crippen LogP contribution < -0.4 is 10.2 Å². The van der Waals surface area contributed by atoms with Gasteiger partial charge in [0.2, 0.25) is 0 Å². The minimum Gasteiger partial charge on any atom is -0.369 e. The second-order valence-corrected chi connectivity index (χ2v) is 9.13. The van der Waals surface area contributed by atoms with E-state index >= 15 is 0 Å². The van der Waals surface area contributed by atoms with Gasteiger partial charge in [-0.15, -0.1) is 24.0 Å². The van der Waals surface area contributed by atoms with E-state index in [2.05, 4.69) is 78.0 Å². The van der Waals surface area contributed by atoms with E-state index in [1.54, 1.807) is 0 Å². The third-order valence-corrected chi connectivity index (χ3v) is 7.02. The summed E-state index contributed by atoms with van der Waals surface area (Å²) in [5.74, 6) is 1.69. The Morgan fingerprint density at radius 3 is 2.58 bits per heavy atom. The van der Waals surface area contributed by atoms with Crippen molar-refractivity contribution in [3.8, 4) is 0 Å². The molecule has 2 fully saturated rings. The molecule has 0 amide bonds. The summed E-state index contributed by atoms with van der Waals surface area (Å²) >= 11 is 0. The molecular weight excluding hydrogens is 525 g/mol. The lowest BCUT2D eigenvalue weighted by Gasteiger charge is -2.39. The molecule has 0 spiro atoms. The Hall–Kier alpha value is -1.81. The summed E-state index contributed by atoms with van der Waals surface area (Å²) in [6.45, 7) is 11.1. The predicted molar refractivity (Wildman–Crippen MR) is 148 cm³/mol. The first kappa shape index (κ1) is 25.8. The van der Waals surface area contributed by atoms with E-state index in [0.717, 1.165) is 51.8 Å². The Morgan fingerprint density at radius 2 is 1.88 bits per heavy atom. The van der Waals surface area contributed by atoms with Crippen LogP contribution >= 0.6 is 24.0 Å². The molecular formula is C25H40IN7. The average Bonchev–Trinajstić information content (AvgIpc) is 3.38. The summed E-state index contributed by atoms with van der Waals surface area (Å²) < 4.78 is 2.25. The number of aromatic nitrogens is 2. The predicted octanol–water partition coefficient (Wildman–Crippen LogP) is 3.56. The fourth-order valence-electron chi connectivity index (χ4n) is 4.96. The molecule has 8 heteroatoms. The summed E-state index contributed by atoms with van der Waals surface area (Å²) in [7, 11) is 1.90. The summed E-state index contributed by atoms with van der Waals surface area (Å²) in [5.41, 5.74) is 1.35. The number of nitrogens with one attached hydrogen (secondary N) is 1. The lowest BCUT2D eigenvalue weighted by molar-refractivity contribution is 0.189. The lowest BCUT2D eigenvalue weighted by atomic mass is 9.93. The Balaban J connectivity index is 0.00000306. The summed E-state index contributed by atoms with van der Waals surface area (Å²) in [6.07, 6.45) is 9.48. The number of piperidine rings is 1. The second kappa shape index (κ2) is 13.2. The zero-order valence-corrected chi connectivity index (χ0v) is 22.5. The molecule has 2 atom stereocenters. The topological polar surface area (TPSA) is 51.9 Å². The van der Waals surface area contributed by atoms with Gasteiger partial charge in [-0.3, -0.25) is 9.89 Å². The molecule has 7 nitrogen and oxygen atoms in total. The van der Waals surface area contributed by atoms with Crippen LogP contribution in [-0.4, -0.2) is 84.7 Å². The molecule has 182 valence electrons. The summed E-state index contributed by atoms with van der Waals surface area (Å²) in [4.78, 5) is 16.3. The van der Waals surface area contributed by atoms with Crippen LogP contribution in [-0.2, 0) is 0 Å². The first-order chi connectivity index (χ1) is 15.7. The van der Waals surface area contributed by atoms with Crippen molar-refractivity contribution >= 4 is 35.6 Å². The Bertz CT molecular complexity index is 819. The van der Waals surface area contributed by atoms with Gasteiger partial charge in [-0.2, -0.15) is 0 Å². The molecule has 2 saturated heterocycles. The number of imidazole rings is 1. The number of guanidine groups is 1. The molecule has 0 bridgehead atoms. The molecule has 2 aromatic rings. The molecule has 2 aliphatic rings. The van der Waals surface area contributed by atoms with E-state index < -0.39 is 0 Å². The van der Waals surface area contributed by atoms with Crippen LogP contribution in [0.5, 0.6) is 0 Å². The lowest BCUT2D eigenvalue weighted by Crippen LogP contribution is -2.49. The fourth-order valence-corrected chi connectivity index (χ4v) is 4.96. The van der Waals surface area contributed by atoms with Crippen molar-refractivity contribution in [1.29, 1.82) is 0 Å². The number of benzene rings is 1. The maximum Gasteiger partial charge on any atom is 0.193 e. The molecule has 1 aromatic carbocycles. The zero-order valence-electron chi connectivity index (χ0n) is 20.1. The minimum absolute atomic E-state index is 0. The third-order valence-electron chi connectivity index (χ3n) is 7.02. The fraction of sp³-hybridized carbons (Fsp3) is 0.600. The van der Waals surface area contributed by atoms with Gasteiger partial charge in [0, 0.05) is 70.9 Å². The van der Waals surface area contributed by atoms with Gasteiger partial charge < -0.3 is 19.7 Å². The SMILES string of the molecule is CN=C(NCCCCN1CCN(c2ccccc2)CC1)N1CCC(C)C(n2ccnc2)C1.I. The van der Waals surface area contributed by atoms with Gasteiger partial charge in [0.25, 0.3) is 0 Å². The highest BCUT2D eigenvalue weighted by Gasteiger charge is 2.28. The van der Waals surface area contributed by atoms with E-state index in [0.29, 0.717) is 12.0 Å². The third kappa shape index (κ3) is 7.09. The van der Waals surface area contributed by atoms with E-state index in [4.69, 9.17) is 0 Å². The number of rotatable bonds is 7. The van der Waals surface area contributed by atoms with Crippen molar-refractivity contribution in [1.82, 2.24) is 24.7 Å².